The van der Waals surface area contributed by atoms with Crippen LogP contribution in [0.1, 0.15) is 24.3 Å². The highest BCUT2D eigenvalue weighted by atomic mass is 19.1. The number of amides is 1. The first-order valence-corrected chi connectivity index (χ1v) is 10.8. The summed E-state index contributed by atoms with van der Waals surface area (Å²) in [7, 11) is 1.97. The van der Waals surface area contributed by atoms with Gasteiger partial charge in [0.1, 0.15) is 11.5 Å². The second-order valence-electron chi connectivity index (χ2n) is 8.47. The Hall–Kier alpha value is -3.98. The van der Waals surface area contributed by atoms with E-state index in [1.807, 2.05) is 39.1 Å². The predicted octanol–water partition coefficient (Wildman–Crippen LogP) is 3.24. The average Bonchev–Trinajstić information content (AvgIpc) is 3.27. The van der Waals surface area contributed by atoms with Crippen molar-refractivity contribution in [1.29, 1.82) is 0 Å². The van der Waals surface area contributed by atoms with Gasteiger partial charge in [-0.25, -0.2) is 13.9 Å². The Labute approximate surface area is 196 Å². The van der Waals surface area contributed by atoms with E-state index in [1.165, 1.54) is 12.1 Å². The molecule has 4 heterocycles. The summed E-state index contributed by atoms with van der Waals surface area (Å²) in [6, 6.07) is 11.7. The number of aromatic nitrogens is 4. The molecule has 0 radical (unpaired) electrons. The molecule has 1 aliphatic rings. The number of aldehydes is 1. The van der Waals surface area contributed by atoms with Gasteiger partial charge in [0.25, 0.3) is 0 Å². The highest BCUT2D eigenvalue weighted by Gasteiger charge is 2.34. The van der Waals surface area contributed by atoms with Crippen LogP contribution >= 0.6 is 0 Å². The van der Waals surface area contributed by atoms with Gasteiger partial charge in [-0.1, -0.05) is 0 Å². The molecule has 8 nitrogen and oxygen atoms in total. The Morgan fingerprint density at radius 3 is 2.41 bits per heavy atom. The lowest BCUT2D eigenvalue weighted by atomic mass is 10.0. The molecule has 1 aliphatic heterocycles. The summed E-state index contributed by atoms with van der Waals surface area (Å²) in [5.41, 5.74) is 3.71. The summed E-state index contributed by atoms with van der Waals surface area (Å²) in [4.78, 5) is 32.6. The summed E-state index contributed by atoms with van der Waals surface area (Å²) in [5, 5.41) is 7.31. The van der Waals surface area contributed by atoms with E-state index >= 15 is 0 Å². The fourth-order valence-corrected chi connectivity index (χ4v) is 3.56. The van der Waals surface area contributed by atoms with E-state index in [2.05, 4.69) is 25.3 Å². The van der Waals surface area contributed by atoms with Crippen LogP contribution in [0.3, 0.4) is 0 Å². The number of imidazole rings is 1. The molecular formula is C25H25FN6O2. The van der Waals surface area contributed by atoms with E-state index in [1.54, 1.807) is 35.2 Å². The van der Waals surface area contributed by atoms with E-state index < -0.39 is 0 Å². The molecule has 9 heteroatoms. The average molecular weight is 461 g/mol. The first-order valence-electron chi connectivity index (χ1n) is 10.8. The van der Waals surface area contributed by atoms with Gasteiger partial charge < -0.3 is 5.32 Å². The number of nitrogens with zero attached hydrogens (tertiary/aromatic N) is 5. The summed E-state index contributed by atoms with van der Waals surface area (Å²) >= 11 is 0. The number of rotatable bonds is 3. The monoisotopic (exact) mass is 460 g/mol. The van der Waals surface area contributed by atoms with Gasteiger partial charge >= 0.3 is 0 Å². The third-order valence-corrected chi connectivity index (χ3v) is 5.94. The maximum Gasteiger partial charge on any atom is 0.239 e. The normalized spacial score (nSPS) is 15.4. The molecule has 0 bridgehead atoms. The zero-order valence-electron chi connectivity index (χ0n) is 19.2. The molecule has 3 aromatic heterocycles. The summed E-state index contributed by atoms with van der Waals surface area (Å²) in [6.07, 6.45) is 5.63. The second kappa shape index (κ2) is 9.48. The van der Waals surface area contributed by atoms with Gasteiger partial charge in [-0.15, -0.1) is 0 Å². The van der Waals surface area contributed by atoms with Gasteiger partial charge in [0.15, 0.2) is 11.9 Å². The standard InChI is InChI=1S/C18H11FN4O.C7H14N2O/c19-14-3-1-13(2-4-14)17-9-16(12-5-7-20-8-6-12)18-21-15(11-24)10-23(18)22-17;1-7(2)6(10)8-4-5-9(7)3/h1-11H;4-5H2,1-3H3,(H,8,10). The van der Waals surface area contributed by atoms with Crippen molar-refractivity contribution in [2.45, 2.75) is 19.4 Å². The van der Waals surface area contributed by atoms with Crippen LogP contribution in [-0.4, -0.2) is 62.4 Å². The predicted molar refractivity (Wildman–Crippen MR) is 127 cm³/mol. The highest BCUT2D eigenvalue weighted by Crippen LogP contribution is 2.28. The Bertz CT molecular complexity index is 1320. The van der Waals surface area contributed by atoms with Crippen LogP contribution < -0.4 is 5.32 Å². The van der Waals surface area contributed by atoms with Crippen LogP contribution in [0.25, 0.3) is 28.0 Å². The summed E-state index contributed by atoms with van der Waals surface area (Å²) in [5.74, 6) is -0.179. The number of pyridine rings is 1. The van der Waals surface area contributed by atoms with E-state index in [4.69, 9.17) is 0 Å². The molecular weight excluding hydrogens is 435 g/mol. The van der Waals surface area contributed by atoms with Crippen molar-refractivity contribution in [3.05, 3.63) is 72.6 Å². The van der Waals surface area contributed by atoms with Gasteiger partial charge in [0, 0.05) is 36.6 Å². The van der Waals surface area contributed by atoms with Crippen molar-refractivity contribution in [3.63, 3.8) is 0 Å². The molecule has 0 spiro atoms. The molecule has 1 amide bonds. The number of carbonyl (C=O) groups is 2. The molecule has 1 N–H and O–H groups in total. The smallest absolute Gasteiger partial charge is 0.239 e. The van der Waals surface area contributed by atoms with E-state index in [9.17, 15) is 14.0 Å². The van der Waals surface area contributed by atoms with Crippen molar-refractivity contribution in [2.24, 2.45) is 0 Å². The van der Waals surface area contributed by atoms with E-state index in [-0.39, 0.29) is 17.3 Å². The van der Waals surface area contributed by atoms with Crippen LogP contribution in [0.5, 0.6) is 0 Å². The maximum absolute atomic E-state index is 13.2. The molecule has 1 saturated heterocycles. The topological polar surface area (TPSA) is 92.5 Å². The Kier molecular flexibility index (Phi) is 6.47. The van der Waals surface area contributed by atoms with Crippen LogP contribution in [0, 0.1) is 5.82 Å². The van der Waals surface area contributed by atoms with Crippen LogP contribution in [-0.2, 0) is 4.79 Å². The molecule has 0 aliphatic carbocycles. The highest BCUT2D eigenvalue weighted by molar-refractivity contribution is 5.86. The van der Waals surface area contributed by atoms with Crippen molar-refractivity contribution in [1.82, 2.24) is 29.8 Å². The lowest BCUT2D eigenvalue weighted by molar-refractivity contribution is -0.133. The molecule has 5 rings (SSSR count). The molecule has 1 aromatic carbocycles. The first kappa shape index (κ1) is 23.2. The third kappa shape index (κ3) is 4.69. The minimum absolute atomic E-state index is 0.126. The lowest BCUT2D eigenvalue weighted by Gasteiger charge is -2.38. The Morgan fingerprint density at radius 2 is 1.79 bits per heavy atom. The van der Waals surface area contributed by atoms with Crippen molar-refractivity contribution >= 4 is 17.8 Å². The van der Waals surface area contributed by atoms with Crippen molar-refractivity contribution < 1.29 is 14.0 Å². The number of halogens is 1. The van der Waals surface area contributed by atoms with Gasteiger partial charge in [0.05, 0.1) is 17.4 Å². The SMILES string of the molecule is CN1CCNC(=O)C1(C)C.O=Cc1cn2nc(-c3ccc(F)cc3)cc(-c3ccncc3)c2n1. The fourth-order valence-electron chi connectivity index (χ4n) is 3.56. The number of likely N-dealkylation sites (N-methyl/N-ethyl adjacent to an activating group) is 1. The number of fused-ring (bicyclic) bond motifs is 1. The van der Waals surface area contributed by atoms with Crippen LogP contribution in [0.4, 0.5) is 4.39 Å². The van der Waals surface area contributed by atoms with Crippen molar-refractivity contribution in [3.8, 4) is 22.4 Å². The van der Waals surface area contributed by atoms with Crippen molar-refractivity contribution in [2.75, 3.05) is 20.1 Å². The van der Waals surface area contributed by atoms with Crippen LogP contribution in [0.2, 0.25) is 0 Å². The molecule has 0 unspecified atom stereocenters. The minimum atomic E-state index is -0.321. The van der Waals surface area contributed by atoms with Gasteiger partial charge in [0.2, 0.25) is 5.91 Å². The Morgan fingerprint density at radius 1 is 1.09 bits per heavy atom. The first-order chi connectivity index (χ1) is 16.3. The third-order valence-electron chi connectivity index (χ3n) is 5.94. The van der Waals surface area contributed by atoms with Gasteiger partial charge in [-0.2, -0.15) is 5.10 Å². The number of carbonyl (C=O) groups excluding carboxylic acids is 2. The molecule has 0 saturated carbocycles. The number of nitrogens with one attached hydrogen (secondary N) is 1. The zero-order chi connectivity index (χ0) is 24.3. The van der Waals surface area contributed by atoms with E-state index in [0.717, 1.165) is 29.8 Å². The lowest BCUT2D eigenvalue weighted by Crippen LogP contribution is -2.60. The summed E-state index contributed by atoms with van der Waals surface area (Å²) in [6.45, 7) is 5.58. The minimum Gasteiger partial charge on any atom is -0.353 e. The van der Waals surface area contributed by atoms with Gasteiger partial charge in [-0.05, 0) is 68.9 Å². The second-order valence-corrected chi connectivity index (χ2v) is 8.47. The number of hydrogen-bond acceptors (Lipinski definition) is 6. The Balaban J connectivity index is 0.000000231. The molecule has 1 fully saturated rings. The maximum atomic E-state index is 13.2. The molecule has 4 aromatic rings. The fraction of sp³-hybridized carbons (Fsp3) is 0.240. The van der Waals surface area contributed by atoms with E-state index in [0.29, 0.717) is 23.3 Å². The molecule has 0 atom stereocenters. The molecule has 174 valence electrons. The van der Waals surface area contributed by atoms with Crippen LogP contribution in [0.15, 0.2) is 61.1 Å². The quantitative estimate of drug-likeness (QED) is 0.472. The largest absolute Gasteiger partial charge is 0.353 e. The van der Waals surface area contributed by atoms with Gasteiger partial charge in [-0.3, -0.25) is 19.5 Å². The summed E-state index contributed by atoms with van der Waals surface area (Å²) < 4.78 is 14.7. The number of hydrogen-bond donors (Lipinski definition) is 1. The number of piperazine rings is 1. The number of benzene rings is 1. The zero-order valence-corrected chi connectivity index (χ0v) is 19.2. The molecule has 34 heavy (non-hydrogen) atoms.